The molecule has 1 aromatic heterocycles. The van der Waals surface area contributed by atoms with Gasteiger partial charge in [-0.05, 0) is 39.8 Å². The van der Waals surface area contributed by atoms with Crippen molar-refractivity contribution >= 4 is 22.8 Å². The lowest BCUT2D eigenvalue weighted by molar-refractivity contribution is -0.132. The SMILES string of the molecule is C[C@H](NC(=O)[C@@H]1CC(=O)N(C(C)(C)C)C1)c1nc2ccccc2[nH]1. The molecular formula is C18H24N4O2. The maximum atomic E-state index is 12.5. The van der Waals surface area contributed by atoms with Crippen LogP contribution in [0.3, 0.4) is 0 Å². The van der Waals surface area contributed by atoms with Crippen LogP contribution in [0.5, 0.6) is 0 Å². The van der Waals surface area contributed by atoms with Crippen molar-refractivity contribution in [2.75, 3.05) is 6.54 Å². The average molecular weight is 328 g/mol. The van der Waals surface area contributed by atoms with Crippen molar-refractivity contribution in [3.63, 3.8) is 0 Å². The Morgan fingerprint density at radius 2 is 2.08 bits per heavy atom. The van der Waals surface area contributed by atoms with E-state index >= 15 is 0 Å². The van der Waals surface area contributed by atoms with Crippen LogP contribution in [0.1, 0.15) is 46.0 Å². The molecule has 2 amide bonds. The minimum Gasteiger partial charge on any atom is -0.346 e. The molecule has 24 heavy (non-hydrogen) atoms. The lowest BCUT2D eigenvalue weighted by Crippen LogP contribution is -2.43. The van der Waals surface area contributed by atoms with Crippen molar-refractivity contribution < 1.29 is 9.59 Å². The Morgan fingerprint density at radius 1 is 1.38 bits per heavy atom. The highest BCUT2D eigenvalue weighted by Gasteiger charge is 2.39. The molecule has 6 nitrogen and oxygen atoms in total. The number of benzene rings is 1. The molecule has 1 aromatic carbocycles. The molecule has 2 atom stereocenters. The van der Waals surface area contributed by atoms with Gasteiger partial charge in [0.2, 0.25) is 11.8 Å². The largest absolute Gasteiger partial charge is 0.346 e. The smallest absolute Gasteiger partial charge is 0.226 e. The number of carbonyl (C=O) groups is 2. The monoisotopic (exact) mass is 328 g/mol. The van der Waals surface area contributed by atoms with Gasteiger partial charge >= 0.3 is 0 Å². The van der Waals surface area contributed by atoms with E-state index in [2.05, 4.69) is 15.3 Å². The number of H-pyrrole nitrogens is 1. The summed E-state index contributed by atoms with van der Waals surface area (Å²) in [7, 11) is 0. The predicted molar refractivity (Wildman–Crippen MR) is 92.2 cm³/mol. The van der Waals surface area contributed by atoms with Gasteiger partial charge in [0.1, 0.15) is 5.82 Å². The summed E-state index contributed by atoms with van der Waals surface area (Å²) in [5, 5.41) is 2.98. The first kappa shape index (κ1) is 16.5. The molecule has 0 saturated carbocycles. The van der Waals surface area contributed by atoms with Crippen LogP contribution in [0.15, 0.2) is 24.3 Å². The molecular weight excluding hydrogens is 304 g/mol. The van der Waals surface area contributed by atoms with Crippen molar-refractivity contribution in [1.29, 1.82) is 0 Å². The number of carbonyl (C=O) groups excluding carboxylic acids is 2. The number of nitrogens with one attached hydrogen (secondary N) is 2. The third-order valence-electron chi connectivity index (χ3n) is 4.48. The fourth-order valence-electron chi connectivity index (χ4n) is 3.11. The van der Waals surface area contributed by atoms with Crippen molar-refractivity contribution in [3.05, 3.63) is 30.1 Å². The van der Waals surface area contributed by atoms with E-state index in [1.165, 1.54) is 0 Å². The number of likely N-dealkylation sites (tertiary alicyclic amines) is 1. The Balaban J connectivity index is 1.67. The second-order valence-electron chi connectivity index (χ2n) is 7.45. The molecule has 0 radical (unpaired) electrons. The summed E-state index contributed by atoms with van der Waals surface area (Å²) in [6.45, 7) is 8.33. The summed E-state index contributed by atoms with van der Waals surface area (Å²) in [6, 6.07) is 7.53. The van der Waals surface area contributed by atoms with Crippen molar-refractivity contribution in [3.8, 4) is 0 Å². The zero-order chi connectivity index (χ0) is 17.5. The molecule has 3 rings (SSSR count). The second kappa shape index (κ2) is 5.92. The Morgan fingerprint density at radius 3 is 2.71 bits per heavy atom. The van der Waals surface area contributed by atoms with Crippen molar-refractivity contribution in [2.45, 2.75) is 45.7 Å². The second-order valence-corrected chi connectivity index (χ2v) is 7.45. The van der Waals surface area contributed by atoms with E-state index in [0.29, 0.717) is 6.54 Å². The number of nitrogens with zero attached hydrogens (tertiary/aromatic N) is 2. The Bertz CT molecular complexity index is 742. The number of aromatic amines is 1. The maximum Gasteiger partial charge on any atom is 0.226 e. The standard InChI is InChI=1S/C18H24N4O2/c1-11(16-20-13-7-5-6-8-14(13)21-16)19-17(24)12-9-15(23)22(10-12)18(2,3)4/h5-8,11-12H,9-10H2,1-4H3,(H,19,24)(H,20,21)/t11-,12+/m0/s1. The molecule has 2 heterocycles. The lowest BCUT2D eigenvalue weighted by atomic mass is 10.1. The summed E-state index contributed by atoms with van der Waals surface area (Å²) in [5.41, 5.74) is 1.57. The first-order chi connectivity index (χ1) is 11.3. The number of hydrogen-bond acceptors (Lipinski definition) is 3. The maximum absolute atomic E-state index is 12.5. The number of imidazole rings is 1. The van der Waals surface area contributed by atoms with Gasteiger partial charge in [-0.15, -0.1) is 0 Å². The lowest BCUT2D eigenvalue weighted by Gasteiger charge is -2.32. The molecule has 128 valence electrons. The van der Waals surface area contributed by atoms with Crippen LogP contribution in [0.25, 0.3) is 11.0 Å². The highest BCUT2D eigenvalue weighted by molar-refractivity contribution is 5.89. The van der Waals surface area contributed by atoms with Crippen molar-refractivity contribution in [1.82, 2.24) is 20.2 Å². The third kappa shape index (κ3) is 3.13. The normalized spacial score (nSPS) is 19.8. The van der Waals surface area contributed by atoms with Crippen LogP contribution in [0.4, 0.5) is 0 Å². The predicted octanol–water partition coefficient (Wildman–Crippen LogP) is 2.39. The number of aromatic nitrogens is 2. The van der Waals surface area contributed by atoms with Gasteiger partial charge in [-0.25, -0.2) is 4.98 Å². The Hall–Kier alpha value is -2.37. The van der Waals surface area contributed by atoms with E-state index < -0.39 is 0 Å². The molecule has 0 bridgehead atoms. The van der Waals surface area contributed by atoms with Crippen LogP contribution in [0, 0.1) is 5.92 Å². The van der Waals surface area contributed by atoms with Gasteiger partial charge in [0.15, 0.2) is 0 Å². The minimum atomic E-state index is -0.302. The zero-order valence-corrected chi connectivity index (χ0v) is 14.6. The summed E-state index contributed by atoms with van der Waals surface area (Å²) < 4.78 is 0. The molecule has 2 aromatic rings. The summed E-state index contributed by atoms with van der Waals surface area (Å²) in [5.74, 6) is 0.368. The number of hydrogen-bond donors (Lipinski definition) is 2. The fourth-order valence-corrected chi connectivity index (χ4v) is 3.11. The number of fused-ring (bicyclic) bond motifs is 1. The first-order valence-corrected chi connectivity index (χ1v) is 8.31. The molecule has 0 aliphatic carbocycles. The van der Waals surface area contributed by atoms with Gasteiger partial charge < -0.3 is 15.2 Å². The topological polar surface area (TPSA) is 78.1 Å². The molecule has 0 unspecified atom stereocenters. The van der Waals surface area contributed by atoms with E-state index in [4.69, 9.17) is 0 Å². The zero-order valence-electron chi connectivity index (χ0n) is 14.6. The van der Waals surface area contributed by atoms with Gasteiger partial charge in [-0.2, -0.15) is 0 Å². The summed E-state index contributed by atoms with van der Waals surface area (Å²) >= 11 is 0. The molecule has 0 spiro atoms. The van der Waals surface area contributed by atoms with E-state index in [9.17, 15) is 9.59 Å². The van der Waals surface area contributed by atoms with Crippen molar-refractivity contribution in [2.24, 2.45) is 5.92 Å². The van der Waals surface area contributed by atoms with E-state index in [0.717, 1.165) is 16.9 Å². The molecule has 1 fully saturated rings. The number of rotatable bonds is 3. The molecule has 6 heteroatoms. The van der Waals surface area contributed by atoms with Crippen LogP contribution in [-0.4, -0.2) is 38.8 Å². The van der Waals surface area contributed by atoms with E-state index in [1.54, 1.807) is 4.90 Å². The van der Waals surface area contributed by atoms with Gasteiger partial charge in [0.25, 0.3) is 0 Å². The highest BCUT2D eigenvalue weighted by atomic mass is 16.2. The molecule has 2 N–H and O–H groups in total. The van der Waals surface area contributed by atoms with Gasteiger partial charge in [-0.1, -0.05) is 12.1 Å². The van der Waals surface area contributed by atoms with Gasteiger partial charge in [-0.3, -0.25) is 9.59 Å². The summed E-state index contributed by atoms with van der Waals surface area (Å²) in [6.07, 6.45) is 0.274. The molecule has 1 aliphatic heterocycles. The van der Waals surface area contributed by atoms with E-state index in [1.807, 2.05) is 52.0 Å². The Labute approximate surface area is 141 Å². The van der Waals surface area contributed by atoms with Gasteiger partial charge in [0.05, 0.1) is 23.0 Å². The summed E-state index contributed by atoms with van der Waals surface area (Å²) in [4.78, 5) is 34.2. The van der Waals surface area contributed by atoms with Gasteiger partial charge in [0, 0.05) is 18.5 Å². The number of para-hydroxylation sites is 2. The van der Waals surface area contributed by atoms with Crippen LogP contribution in [-0.2, 0) is 9.59 Å². The third-order valence-corrected chi connectivity index (χ3v) is 4.48. The Kier molecular flexibility index (Phi) is 4.07. The minimum absolute atomic E-state index is 0.0408. The van der Waals surface area contributed by atoms with Crippen LogP contribution in [0.2, 0.25) is 0 Å². The molecule has 1 aliphatic rings. The molecule has 1 saturated heterocycles. The average Bonchev–Trinajstić information content (AvgIpc) is 3.09. The first-order valence-electron chi connectivity index (χ1n) is 8.31. The van der Waals surface area contributed by atoms with Crippen LogP contribution >= 0.6 is 0 Å². The quantitative estimate of drug-likeness (QED) is 0.908. The highest BCUT2D eigenvalue weighted by Crippen LogP contribution is 2.26. The van der Waals surface area contributed by atoms with Crippen LogP contribution < -0.4 is 5.32 Å². The fraction of sp³-hybridized carbons (Fsp3) is 0.500. The number of amides is 2. The van der Waals surface area contributed by atoms with E-state index in [-0.39, 0.29) is 35.7 Å².